The van der Waals surface area contributed by atoms with E-state index in [9.17, 15) is 9.59 Å². The van der Waals surface area contributed by atoms with Gasteiger partial charge in [-0.2, -0.15) is 0 Å². The van der Waals surface area contributed by atoms with Crippen molar-refractivity contribution in [2.24, 2.45) is 17.1 Å². The minimum absolute atomic E-state index is 0.0155. The van der Waals surface area contributed by atoms with Crippen molar-refractivity contribution in [2.75, 3.05) is 16.8 Å². The third-order valence-corrected chi connectivity index (χ3v) is 7.95. The Balaban J connectivity index is 1.44. The van der Waals surface area contributed by atoms with Gasteiger partial charge < -0.3 is 25.3 Å². The second kappa shape index (κ2) is 11.9. The Morgan fingerprint density at radius 3 is 2.49 bits per heavy atom. The highest BCUT2D eigenvalue weighted by Crippen LogP contribution is 2.43. The zero-order chi connectivity index (χ0) is 32.8. The van der Waals surface area contributed by atoms with Gasteiger partial charge in [0.25, 0.3) is 0 Å². The van der Waals surface area contributed by atoms with Crippen molar-refractivity contribution >= 4 is 40.5 Å². The van der Waals surface area contributed by atoms with Crippen molar-refractivity contribution < 1.29 is 23.1 Å². The molecule has 11 nitrogen and oxygen atoms in total. The van der Waals surface area contributed by atoms with Gasteiger partial charge in [0.05, 0.1) is 29.0 Å². The number of aryl methyl sites for hydroxylation is 2. The van der Waals surface area contributed by atoms with Crippen LogP contribution in [0.4, 0.5) is 31.0 Å². The average molecular weight is 619 g/mol. The Kier molecular flexibility index (Phi) is 8.33. The average Bonchev–Trinajstić information content (AvgIpc) is 3.29. The normalized spacial score (nSPS) is 17.1. The predicted molar refractivity (Wildman–Crippen MR) is 167 cm³/mol. The molecular formula is C32H36F2N8O3. The zero-order valence-electron chi connectivity index (χ0n) is 26.3. The standard InChI is InChI=1S/C32H36F2N8O3/c1-16(2)42-18(4)38-29-20(33)12-19(13-23(29)42)28-21(34)14-36-31(40-28)39-26-9-8-22(17(3)37-26)41-11-10-25(45-30(35)44)27(24(41)15-43)32(5,6)7/h8-9,12-14,16,25,27H,10-11H2,1-7H3,(H2,35,44)(H,36,37,39,40). The fourth-order valence-corrected chi connectivity index (χ4v) is 6.21. The van der Waals surface area contributed by atoms with Gasteiger partial charge in [-0.3, -0.25) is 0 Å². The number of carbonyl (C=O) groups excluding carboxylic acids is 2. The maximum atomic E-state index is 15.1. The van der Waals surface area contributed by atoms with E-state index >= 15 is 8.78 Å². The Hall–Kier alpha value is -4.90. The van der Waals surface area contributed by atoms with Gasteiger partial charge in [-0.15, -0.1) is 0 Å². The van der Waals surface area contributed by atoms with Gasteiger partial charge in [-0.1, -0.05) is 20.8 Å². The molecule has 1 amide bonds. The number of pyridine rings is 1. The summed E-state index contributed by atoms with van der Waals surface area (Å²) >= 11 is 0. The fourth-order valence-electron chi connectivity index (χ4n) is 6.21. The van der Waals surface area contributed by atoms with Crippen molar-refractivity contribution in [1.29, 1.82) is 0 Å². The monoisotopic (exact) mass is 618 g/mol. The first-order valence-corrected chi connectivity index (χ1v) is 14.6. The van der Waals surface area contributed by atoms with Crippen molar-refractivity contribution in [2.45, 2.75) is 67.0 Å². The number of amides is 1. The van der Waals surface area contributed by atoms with E-state index < -0.39 is 35.2 Å². The van der Waals surface area contributed by atoms with Gasteiger partial charge in [0.1, 0.15) is 40.6 Å². The number of piperidine rings is 1. The van der Waals surface area contributed by atoms with Crippen LogP contribution in [0.1, 0.15) is 58.6 Å². The zero-order valence-corrected chi connectivity index (χ0v) is 26.3. The molecule has 0 radical (unpaired) electrons. The van der Waals surface area contributed by atoms with E-state index in [0.717, 1.165) is 6.20 Å². The van der Waals surface area contributed by atoms with Crippen molar-refractivity contribution in [3.8, 4) is 11.3 Å². The Morgan fingerprint density at radius 2 is 1.87 bits per heavy atom. The quantitative estimate of drug-likeness (QED) is 0.243. The lowest BCUT2D eigenvalue weighted by atomic mass is 9.72. The van der Waals surface area contributed by atoms with E-state index in [4.69, 9.17) is 10.5 Å². The highest BCUT2D eigenvalue weighted by molar-refractivity contribution is 5.83. The summed E-state index contributed by atoms with van der Waals surface area (Å²) in [5.74, 6) is 1.42. The minimum atomic E-state index is -0.893. The SMILES string of the molecule is Cc1nc(Nc2ncc(F)c(-c3cc(F)c4nc(C)n(C(C)C)c4c3)n2)ccc1N1CCC(OC(N)=O)C(C(C)(C)C)C1=C=O. The number of hydrogen-bond donors (Lipinski definition) is 2. The first-order chi connectivity index (χ1) is 21.2. The molecule has 3 aromatic heterocycles. The molecule has 1 aromatic carbocycles. The van der Waals surface area contributed by atoms with E-state index in [0.29, 0.717) is 47.2 Å². The maximum Gasteiger partial charge on any atom is 0.404 e. The van der Waals surface area contributed by atoms with Gasteiger partial charge in [0.15, 0.2) is 11.6 Å². The smallest absolute Gasteiger partial charge is 0.404 e. The third-order valence-electron chi connectivity index (χ3n) is 7.95. The van der Waals surface area contributed by atoms with Crippen LogP contribution in [0.15, 0.2) is 36.2 Å². The molecule has 1 fully saturated rings. The molecule has 1 aliphatic rings. The van der Waals surface area contributed by atoms with Crippen LogP contribution < -0.4 is 16.0 Å². The molecule has 2 atom stereocenters. The fraction of sp³-hybridized carbons (Fsp3) is 0.406. The van der Waals surface area contributed by atoms with Crippen LogP contribution in [-0.4, -0.2) is 49.2 Å². The predicted octanol–water partition coefficient (Wildman–Crippen LogP) is 6.16. The number of nitrogens with two attached hydrogens (primary N) is 1. The number of primary amides is 1. The number of nitrogens with one attached hydrogen (secondary N) is 1. The van der Waals surface area contributed by atoms with Crippen molar-refractivity contribution in [1.82, 2.24) is 24.5 Å². The highest BCUT2D eigenvalue weighted by atomic mass is 19.1. The lowest BCUT2D eigenvalue weighted by Crippen LogP contribution is -2.49. The summed E-state index contributed by atoms with van der Waals surface area (Å²) in [5.41, 5.74) is 7.40. The van der Waals surface area contributed by atoms with Gasteiger partial charge in [0, 0.05) is 24.6 Å². The highest BCUT2D eigenvalue weighted by Gasteiger charge is 2.44. The molecule has 13 heteroatoms. The summed E-state index contributed by atoms with van der Waals surface area (Å²) in [7, 11) is 0. The molecule has 0 aliphatic carbocycles. The summed E-state index contributed by atoms with van der Waals surface area (Å²) in [6, 6.07) is 6.38. The van der Waals surface area contributed by atoms with E-state index in [-0.39, 0.29) is 28.8 Å². The second-order valence-corrected chi connectivity index (χ2v) is 12.5. The summed E-state index contributed by atoms with van der Waals surface area (Å²) in [4.78, 5) is 43.1. The molecule has 5 rings (SSSR count). The summed E-state index contributed by atoms with van der Waals surface area (Å²) in [6.07, 6.45) is 0.00479. The number of benzene rings is 1. The first-order valence-electron chi connectivity index (χ1n) is 14.6. The van der Waals surface area contributed by atoms with Gasteiger partial charge in [0.2, 0.25) is 5.95 Å². The number of rotatable bonds is 6. The molecule has 3 N–H and O–H groups in total. The number of halogens is 2. The van der Waals surface area contributed by atoms with Crippen molar-refractivity contribution in [3.05, 3.63) is 59.3 Å². The summed E-state index contributed by atoms with van der Waals surface area (Å²) in [5, 5.41) is 3.00. The molecule has 236 valence electrons. The maximum absolute atomic E-state index is 15.1. The molecule has 4 aromatic rings. The van der Waals surface area contributed by atoms with Gasteiger partial charge in [-0.05, 0) is 57.4 Å². The molecule has 4 heterocycles. The Morgan fingerprint density at radius 1 is 1.13 bits per heavy atom. The second-order valence-electron chi connectivity index (χ2n) is 12.5. The van der Waals surface area contributed by atoms with Crippen LogP contribution in [0, 0.1) is 36.8 Å². The number of nitrogens with zero attached hydrogens (tertiary/aromatic N) is 6. The number of hydrogen-bond acceptors (Lipinski definition) is 9. The van der Waals surface area contributed by atoms with Crippen molar-refractivity contribution in [3.63, 3.8) is 0 Å². The van der Waals surface area contributed by atoms with Crippen LogP contribution in [0.25, 0.3) is 22.3 Å². The molecule has 1 saturated heterocycles. The van der Waals surface area contributed by atoms with Gasteiger partial charge in [-0.25, -0.2) is 38.3 Å². The van der Waals surface area contributed by atoms with Crippen LogP contribution in [0.3, 0.4) is 0 Å². The van der Waals surface area contributed by atoms with E-state index in [1.165, 1.54) is 6.07 Å². The molecule has 0 saturated carbocycles. The summed E-state index contributed by atoms with van der Waals surface area (Å²) in [6.45, 7) is 13.8. The number of imidazole rings is 1. The molecular weight excluding hydrogens is 582 g/mol. The first kappa shape index (κ1) is 31.5. The van der Waals surface area contributed by atoms with Crippen LogP contribution in [0.5, 0.6) is 0 Å². The Labute approximate surface area is 259 Å². The molecule has 2 unspecified atom stereocenters. The van der Waals surface area contributed by atoms with Crippen LogP contribution in [0.2, 0.25) is 0 Å². The third kappa shape index (κ3) is 6.08. The lowest BCUT2D eigenvalue weighted by molar-refractivity contribution is 0.0281. The molecule has 0 bridgehead atoms. The number of carbonyl (C=O) groups is 1. The number of fused-ring (bicyclic) bond motifs is 1. The van der Waals surface area contributed by atoms with Crippen LogP contribution >= 0.6 is 0 Å². The van der Waals surface area contributed by atoms with E-state index in [1.54, 1.807) is 32.0 Å². The van der Waals surface area contributed by atoms with Gasteiger partial charge >= 0.3 is 6.09 Å². The number of anilines is 3. The largest absolute Gasteiger partial charge is 0.446 e. The summed E-state index contributed by atoms with van der Waals surface area (Å²) < 4.78 is 37.4. The number of aromatic nitrogens is 5. The van der Waals surface area contributed by atoms with Crippen LogP contribution in [-0.2, 0) is 9.53 Å². The van der Waals surface area contributed by atoms with E-state index in [1.807, 2.05) is 44.1 Å². The minimum Gasteiger partial charge on any atom is -0.446 e. The number of ether oxygens (including phenoxy) is 1. The Bertz CT molecular complexity index is 1840. The topological polar surface area (TPSA) is 141 Å². The molecule has 0 spiro atoms. The lowest BCUT2D eigenvalue weighted by Gasteiger charge is -2.45. The molecule has 45 heavy (non-hydrogen) atoms. The van der Waals surface area contributed by atoms with E-state index in [2.05, 4.69) is 31.2 Å². The molecule has 1 aliphatic heterocycles.